The lowest BCUT2D eigenvalue weighted by molar-refractivity contribution is -0.126. The van der Waals surface area contributed by atoms with Crippen LogP contribution in [0.1, 0.15) is 31.4 Å². The monoisotopic (exact) mass is 443 g/mol. The molecule has 0 aliphatic carbocycles. The molecule has 2 aromatic carbocycles. The summed E-state index contributed by atoms with van der Waals surface area (Å²) in [6.07, 6.45) is 0.911. The molecule has 0 spiro atoms. The van der Waals surface area contributed by atoms with E-state index in [0.717, 1.165) is 5.56 Å². The molecule has 2 heterocycles. The van der Waals surface area contributed by atoms with Gasteiger partial charge in [0.15, 0.2) is 6.61 Å². The number of hydrogen-bond acceptors (Lipinski definition) is 5. The van der Waals surface area contributed by atoms with Gasteiger partial charge in [0.05, 0.1) is 16.6 Å². The fourth-order valence-corrected chi connectivity index (χ4v) is 5.38. The lowest BCUT2D eigenvalue weighted by Gasteiger charge is -2.31. The zero-order chi connectivity index (χ0) is 22.0. The Labute approximate surface area is 181 Å². The van der Waals surface area contributed by atoms with Crippen LogP contribution < -0.4 is 15.4 Å². The Balaban J connectivity index is 1.38. The second-order valence-corrected chi connectivity index (χ2v) is 9.75. The standard InChI is InChI=1S/C22H25N3O5S/c1-15(16-5-3-2-4-6-16)23-22(27)17-9-11-25(12-10-17)31(28,29)18-7-8-20-19(13-18)24-21(26)14-30-20/h2-8,13,15,17H,9-12,14H2,1H3,(H,23,27)(H,24,26)/t15-/m0/s1. The van der Waals surface area contributed by atoms with Crippen LogP contribution >= 0.6 is 0 Å². The first-order valence-corrected chi connectivity index (χ1v) is 11.7. The molecule has 0 bridgehead atoms. The van der Waals surface area contributed by atoms with E-state index in [0.29, 0.717) is 24.3 Å². The molecule has 1 atom stereocenters. The van der Waals surface area contributed by atoms with Crippen molar-refractivity contribution in [2.45, 2.75) is 30.7 Å². The highest BCUT2D eigenvalue weighted by molar-refractivity contribution is 7.89. The van der Waals surface area contributed by atoms with Crippen molar-refractivity contribution in [3.05, 3.63) is 54.1 Å². The maximum Gasteiger partial charge on any atom is 0.262 e. The van der Waals surface area contributed by atoms with E-state index in [2.05, 4.69) is 10.6 Å². The van der Waals surface area contributed by atoms with Crippen molar-refractivity contribution in [2.75, 3.05) is 25.0 Å². The molecule has 2 N–H and O–H groups in total. The summed E-state index contributed by atoms with van der Waals surface area (Å²) in [5.74, 6) is -0.157. The molecule has 2 aliphatic heterocycles. The number of hydrogen-bond donors (Lipinski definition) is 2. The maximum absolute atomic E-state index is 13.1. The Hall–Kier alpha value is -2.91. The number of ether oxygens (including phenoxy) is 1. The predicted molar refractivity (Wildman–Crippen MR) is 115 cm³/mol. The zero-order valence-corrected chi connectivity index (χ0v) is 18.0. The SMILES string of the molecule is C[C@H](NC(=O)C1CCN(S(=O)(=O)c2ccc3c(c2)NC(=O)CO3)CC1)c1ccccc1. The highest BCUT2D eigenvalue weighted by atomic mass is 32.2. The van der Waals surface area contributed by atoms with E-state index in [-0.39, 0.29) is 48.4 Å². The van der Waals surface area contributed by atoms with Crippen LogP contribution in [0.4, 0.5) is 5.69 Å². The second kappa shape index (κ2) is 8.68. The number of benzene rings is 2. The molecule has 2 amide bonds. The van der Waals surface area contributed by atoms with Gasteiger partial charge in [-0.1, -0.05) is 30.3 Å². The topological polar surface area (TPSA) is 105 Å². The van der Waals surface area contributed by atoms with Gasteiger partial charge in [-0.05, 0) is 43.5 Å². The lowest BCUT2D eigenvalue weighted by atomic mass is 9.96. The Kier molecular flexibility index (Phi) is 5.97. The van der Waals surface area contributed by atoms with Crippen molar-refractivity contribution in [3.8, 4) is 5.75 Å². The van der Waals surface area contributed by atoms with Gasteiger partial charge in [-0.25, -0.2) is 8.42 Å². The van der Waals surface area contributed by atoms with Crippen LogP contribution in [0, 0.1) is 5.92 Å². The van der Waals surface area contributed by atoms with Crippen molar-refractivity contribution >= 4 is 27.5 Å². The van der Waals surface area contributed by atoms with Crippen LogP contribution in [0.2, 0.25) is 0 Å². The lowest BCUT2D eigenvalue weighted by Crippen LogP contribution is -2.43. The average molecular weight is 444 g/mol. The highest BCUT2D eigenvalue weighted by Gasteiger charge is 2.33. The smallest absolute Gasteiger partial charge is 0.262 e. The van der Waals surface area contributed by atoms with Crippen molar-refractivity contribution in [1.29, 1.82) is 0 Å². The summed E-state index contributed by atoms with van der Waals surface area (Å²) >= 11 is 0. The normalized spacial score (nSPS) is 18.4. The number of nitrogens with zero attached hydrogens (tertiary/aromatic N) is 1. The van der Waals surface area contributed by atoms with Crippen LogP contribution in [-0.2, 0) is 19.6 Å². The van der Waals surface area contributed by atoms with E-state index in [4.69, 9.17) is 4.74 Å². The predicted octanol–water partition coefficient (Wildman–Crippen LogP) is 2.30. The molecular weight excluding hydrogens is 418 g/mol. The van der Waals surface area contributed by atoms with Crippen LogP contribution in [0.25, 0.3) is 0 Å². The Morgan fingerprint density at radius 3 is 2.58 bits per heavy atom. The minimum absolute atomic E-state index is 0.0537. The maximum atomic E-state index is 13.1. The molecule has 1 saturated heterocycles. The molecule has 31 heavy (non-hydrogen) atoms. The minimum atomic E-state index is -3.73. The molecule has 9 heteroatoms. The highest BCUT2D eigenvalue weighted by Crippen LogP contribution is 2.32. The number of anilines is 1. The Bertz CT molecular complexity index is 1080. The van der Waals surface area contributed by atoms with Gasteiger partial charge in [0.25, 0.3) is 5.91 Å². The average Bonchev–Trinajstić information content (AvgIpc) is 2.79. The van der Waals surface area contributed by atoms with E-state index >= 15 is 0 Å². The summed E-state index contributed by atoms with van der Waals surface area (Å²) in [5.41, 5.74) is 1.38. The van der Waals surface area contributed by atoms with Crippen LogP contribution in [-0.4, -0.2) is 44.2 Å². The fraction of sp³-hybridized carbons (Fsp3) is 0.364. The number of sulfonamides is 1. The summed E-state index contributed by atoms with van der Waals surface area (Å²) < 4.78 is 32.8. The molecule has 0 unspecified atom stereocenters. The summed E-state index contributed by atoms with van der Waals surface area (Å²) in [6.45, 7) is 2.38. The third-order valence-corrected chi connectivity index (χ3v) is 7.60. The van der Waals surface area contributed by atoms with Gasteiger partial charge in [0, 0.05) is 19.0 Å². The van der Waals surface area contributed by atoms with E-state index in [1.165, 1.54) is 16.4 Å². The molecule has 1 fully saturated rings. The molecule has 2 aromatic rings. The van der Waals surface area contributed by atoms with Gasteiger partial charge in [0.2, 0.25) is 15.9 Å². The van der Waals surface area contributed by atoms with Gasteiger partial charge in [-0.3, -0.25) is 9.59 Å². The summed E-state index contributed by atoms with van der Waals surface area (Å²) in [5, 5.41) is 5.66. The third kappa shape index (κ3) is 4.57. The number of rotatable bonds is 5. The first-order valence-electron chi connectivity index (χ1n) is 10.3. The quantitative estimate of drug-likeness (QED) is 0.738. The zero-order valence-electron chi connectivity index (χ0n) is 17.2. The molecule has 2 aliphatic rings. The van der Waals surface area contributed by atoms with Crippen molar-refractivity contribution in [3.63, 3.8) is 0 Å². The van der Waals surface area contributed by atoms with E-state index in [1.54, 1.807) is 6.07 Å². The summed E-state index contributed by atoms with van der Waals surface area (Å²) in [7, 11) is -3.73. The molecule has 0 radical (unpaired) electrons. The van der Waals surface area contributed by atoms with Crippen molar-refractivity contribution < 1.29 is 22.7 Å². The van der Waals surface area contributed by atoms with Gasteiger partial charge < -0.3 is 15.4 Å². The van der Waals surface area contributed by atoms with Gasteiger partial charge in [-0.2, -0.15) is 4.31 Å². The minimum Gasteiger partial charge on any atom is -0.482 e. The molecule has 4 rings (SSSR count). The van der Waals surface area contributed by atoms with E-state index in [1.807, 2.05) is 37.3 Å². The van der Waals surface area contributed by atoms with E-state index < -0.39 is 10.0 Å². The molecular formula is C22H25N3O5S. The molecule has 0 aromatic heterocycles. The number of fused-ring (bicyclic) bond motifs is 1. The van der Waals surface area contributed by atoms with Crippen molar-refractivity contribution in [1.82, 2.24) is 9.62 Å². The van der Waals surface area contributed by atoms with Gasteiger partial charge in [0.1, 0.15) is 5.75 Å². The first-order chi connectivity index (χ1) is 14.8. The van der Waals surface area contributed by atoms with Gasteiger partial charge in [-0.15, -0.1) is 0 Å². The fourth-order valence-electron chi connectivity index (χ4n) is 3.89. The largest absolute Gasteiger partial charge is 0.482 e. The molecule has 164 valence electrons. The molecule has 0 saturated carbocycles. The second-order valence-electron chi connectivity index (χ2n) is 7.81. The van der Waals surface area contributed by atoms with Gasteiger partial charge >= 0.3 is 0 Å². The number of nitrogens with one attached hydrogen (secondary N) is 2. The summed E-state index contributed by atoms with van der Waals surface area (Å²) in [6, 6.07) is 14.1. The third-order valence-electron chi connectivity index (χ3n) is 5.70. The number of amides is 2. The Morgan fingerprint density at radius 1 is 1.16 bits per heavy atom. The Morgan fingerprint density at radius 2 is 1.87 bits per heavy atom. The number of carbonyl (C=O) groups is 2. The summed E-state index contributed by atoms with van der Waals surface area (Å²) in [4.78, 5) is 24.3. The van der Waals surface area contributed by atoms with Crippen LogP contribution in [0.15, 0.2) is 53.4 Å². The van der Waals surface area contributed by atoms with Crippen LogP contribution in [0.5, 0.6) is 5.75 Å². The van der Waals surface area contributed by atoms with Crippen LogP contribution in [0.3, 0.4) is 0 Å². The van der Waals surface area contributed by atoms with Crippen molar-refractivity contribution in [2.24, 2.45) is 5.92 Å². The first kappa shape index (κ1) is 21.3. The number of piperidine rings is 1. The van der Waals surface area contributed by atoms with E-state index in [9.17, 15) is 18.0 Å². The molecule has 8 nitrogen and oxygen atoms in total. The number of carbonyl (C=O) groups excluding carboxylic acids is 2.